The van der Waals surface area contributed by atoms with Crippen molar-refractivity contribution in [3.8, 4) is 16.9 Å². The van der Waals surface area contributed by atoms with Gasteiger partial charge in [-0.05, 0) is 55.7 Å². The summed E-state index contributed by atoms with van der Waals surface area (Å²) in [7, 11) is 0. The van der Waals surface area contributed by atoms with Crippen LogP contribution in [-0.2, 0) is 4.79 Å². The minimum atomic E-state index is -0.751. The van der Waals surface area contributed by atoms with Crippen molar-refractivity contribution in [3.05, 3.63) is 48.0 Å². The van der Waals surface area contributed by atoms with Gasteiger partial charge in [-0.15, -0.1) is 0 Å². The smallest absolute Gasteiger partial charge is 0.237 e. The number of benzene rings is 1. The van der Waals surface area contributed by atoms with Crippen LogP contribution in [0, 0.1) is 5.82 Å². The predicted molar refractivity (Wildman–Crippen MR) is 84.0 cm³/mol. The summed E-state index contributed by atoms with van der Waals surface area (Å²) in [5.41, 5.74) is 6.33. The number of hydrogen-bond acceptors (Lipinski definition) is 4. The van der Waals surface area contributed by atoms with Gasteiger partial charge in [0.2, 0.25) is 5.91 Å². The number of carbonyl (C=O) groups excluding carboxylic acids is 1. The molecule has 6 heteroatoms. The lowest BCUT2D eigenvalue weighted by Crippen LogP contribution is -2.49. The van der Waals surface area contributed by atoms with E-state index in [0.29, 0.717) is 17.5 Å². The fourth-order valence-corrected chi connectivity index (χ4v) is 2.92. The van der Waals surface area contributed by atoms with Crippen molar-refractivity contribution in [1.82, 2.24) is 10.3 Å². The van der Waals surface area contributed by atoms with Gasteiger partial charge in [0.25, 0.3) is 0 Å². The lowest BCUT2D eigenvalue weighted by Gasteiger charge is -2.21. The average molecular weight is 315 g/mol. The predicted octanol–water partition coefficient (Wildman–Crippen LogP) is 2.26. The number of amides is 1. The lowest BCUT2D eigenvalue weighted by molar-refractivity contribution is -0.123. The first-order chi connectivity index (χ1) is 10.9. The molecule has 1 amide bonds. The molecule has 0 bridgehead atoms. The van der Waals surface area contributed by atoms with Gasteiger partial charge in [0.05, 0.1) is 17.3 Å². The zero-order valence-corrected chi connectivity index (χ0v) is 12.7. The molecule has 0 aliphatic carbocycles. The van der Waals surface area contributed by atoms with Crippen molar-refractivity contribution in [1.29, 1.82) is 0 Å². The van der Waals surface area contributed by atoms with Crippen molar-refractivity contribution in [2.24, 2.45) is 5.73 Å². The minimum absolute atomic E-state index is 0.0000530. The molecule has 1 aromatic carbocycles. The molecule has 120 valence electrons. The van der Waals surface area contributed by atoms with E-state index in [1.807, 2.05) is 0 Å². The molecule has 4 N–H and O–H groups in total. The van der Waals surface area contributed by atoms with Crippen LogP contribution in [0.15, 0.2) is 36.5 Å². The number of nitrogens with two attached hydrogens (primary N) is 1. The fourth-order valence-electron chi connectivity index (χ4n) is 2.92. The molecule has 0 unspecified atom stereocenters. The van der Waals surface area contributed by atoms with Crippen LogP contribution in [0.1, 0.15) is 31.5 Å². The van der Waals surface area contributed by atoms with Gasteiger partial charge >= 0.3 is 0 Å². The van der Waals surface area contributed by atoms with Gasteiger partial charge in [-0.25, -0.2) is 4.39 Å². The number of hydrogen-bond donors (Lipinski definition) is 3. The summed E-state index contributed by atoms with van der Waals surface area (Å²) < 4.78 is 14.0. The number of halogens is 1. The Hall–Kier alpha value is -2.47. The molecule has 2 heterocycles. The van der Waals surface area contributed by atoms with E-state index in [-0.39, 0.29) is 11.8 Å². The SMILES string of the molecule is C[C@@]1(C(N)=O)CC[C@H](c2cc(-c3cc(O)ccc3F)ccn2)N1. The van der Waals surface area contributed by atoms with Gasteiger partial charge in [0.15, 0.2) is 0 Å². The Morgan fingerprint density at radius 2 is 2.22 bits per heavy atom. The first kappa shape index (κ1) is 15.4. The second-order valence-electron chi connectivity index (χ2n) is 6.07. The molecule has 1 fully saturated rings. The molecular weight excluding hydrogens is 297 g/mol. The summed E-state index contributed by atoms with van der Waals surface area (Å²) in [4.78, 5) is 15.9. The maximum atomic E-state index is 14.0. The number of aromatic hydroxyl groups is 1. The standard InChI is InChI=1S/C17H18FN3O2/c1-17(16(19)23)6-4-14(21-17)15-8-10(5-7-20-15)12-9-11(22)2-3-13(12)18/h2-3,5,7-9,14,21-22H,4,6H2,1H3,(H2,19,23)/t14-,17+/m1/s1. The molecular formula is C17H18FN3O2. The molecule has 2 atom stereocenters. The second kappa shape index (κ2) is 5.62. The van der Waals surface area contributed by atoms with Crippen molar-refractivity contribution in [2.45, 2.75) is 31.3 Å². The number of pyridine rings is 1. The zero-order valence-electron chi connectivity index (χ0n) is 12.7. The maximum Gasteiger partial charge on any atom is 0.237 e. The molecule has 5 nitrogen and oxygen atoms in total. The summed E-state index contributed by atoms with van der Waals surface area (Å²) in [6.07, 6.45) is 2.94. The highest BCUT2D eigenvalue weighted by Gasteiger charge is 2.40. The summed E-state index contributed by atoms with van der Waals surface area (Å²) in [5.74, 6) is -0.809. The zero-order chi connectivity index (χ0) is 16.6. The van der Waals surface area contributed by atoms with Crippen LogP contribution in [0.25, 0.3) is 11.1 Å². The molecule has 1 aromatic heterocycles. The van der Waals surface area contributed by atoms with E-state index < -0.39 is 17.3 Å². The van der Waals surface area contributed by atoms with Gasteiger partial charge in [0, 0.05) is 11.8 Å². The lowest BCUT2D eigenvalue weighted by atomic mass is 9.99. The highest BCUT2D eigenvalue weighted by molar-refractivity contribution is 5.84. The van der Waals surface area contributed by atoms with Gasteiger partial charge in [0.1, 0.15) is 11.6 Å². The molecule has 23 heavy (non-hydrogen) atoms. The summed E-state index contributed by atoms with van der Waals surface area (Å²) in [6, 6.07) is 7.24. The Labute approximate surface area is 133 Å². The molecule has 1 aliphatic rings. The quantitative estimate of drug-likeness (QED) is 0.810. The van der Waals surface area contributed by atoms with E-state index in [1.54, 1.807) is 25.3 Å². The van der Waals surface area contributed by atoms with Crippen molar-refractivity contribution in [3.63, 3.8) is 0 Å². The highest BCUT2D eigenvalue weighted by atomic mass is 19.1. The van der Waals surface area contributed by atoms with Crippen molar-refractivity contribution < 1.29 is 14.3 Å². The van der Waals surface area contributed by atoms with E-state index in [4.69, 9.17) is 5.73 Å². The molecule has 3 rings (SSSR count). The van der Waals surface area contributed by atoms with E-state index in [2.05, 4.69) is 10.3 Å². The first-order valence-corrected chi connectivity index (χ1v) is 7.41. The summed E-state index contributed by atoms with van der Waals surface area (Å²) in [5, 5.41) is 12.8. The van der Waals surface area contributed by atoms with E-state index >= 15 is 0 Å². The van der Waals surface area contributed by atoms with E-state index in [1.165, 1.54) is 18.2 Å². The third kappa shape index (κ3) is 2.90. The van der Waals surface area contributed by atoms with Crippen LogP contribution in [-0.4, -0.2) is 21.5 Å². The normalized spacial score (nSPS) is 23.8. The Kier molecular flexibility index (Phi) is 3.77. The molecule has 1 aliphatic heterocycles. The van der Waals surface area contributed by atoms with Crippen LogP contribution in [0.3, 0.4) is 0 Å². The number of primary amides is 1. The largest absolute Gasteiger partial charge is 0.508 e. The highest BCUT2D eigenvalue weighted by Crippen LogP contribution is 2.34. The number of nitrogens with zero attached hydrogens (tertiary/aromatic N) is 1. The average Bonchev–Trinajstić information content (AvgIpc) is 2.94. The molecule has 2 aromatic rings. The number of phenols is 1. The second-order valence-corrected chi connectivity index (χ2v) is 6.07. The minimum Gasteiger partial charge on any atom is -0.508 e. The Morgan fingerprint density at radius 3 is 2.91 bits per heavy atom. The van der Waals surface area contributed by atoms with Crippen molar-refractivity contribution >= 4 is 5.91 Å². The van der Waals surface area contributed by atoms with Gasteiger partial charge < -0.3 is 10.8 Å². The maximum absolute atomic E-state index is 14.0. The van der Waals surface area contributed by atoms with Crippen LogP contribution < -0.4 is 11.1 Å². The van der Waals surface area contributed by atoms with Gasteiger partial charge in [-0.3, -0.25) is 15.1 Å². The molecule has 0 saturated carbocycles. The number of rotatable bonds is 3. The molecule has 0 radical (unpaired) electrons. The van der Waals surface area contributed by atoms with Crippen LogP contribution in [0.4, 0.5) is 4.39 Å². The fraction of sp³-hybridized carbons (Fsp3) is 0.294. The van der Waals surface area contributed by atoms with Crippen LogP contribution in [0.2, 0.25) is 0 Å². The topological polar surface area (TPSA) is 88.2 Å². The first-order valence-electron chi connectivity index (χ1n) is 7.41. The Bertz CT molecular complexity index is 765. The van der Waals surface area contributed by atoms with E-state index in [9.17, 15) is 14.3 Å². The van der Waals surface area contributed by atoms with Crippen LogP contribution in [0.5, 0.6) is 5.75 Å². The third-order valence-electron chi connectivity index (χ3n) is 4.37. The summed E-state index contributed by atoms with van der Waals surface area (Å²) >= 11 is 0. The van der Waals surface area contributed by atoms with Crippen molar-refractivity contribution in [2.75, 3.05) is 0 Å². The number of carbonyl (C=O) groups is 1. The van der Waals surface area contributed by atoms with Gasteiger partial charge in [-0.2, -0.15) is 0 Å². The Balaban J connectivity index is 1.92. The summed E-state index contributed by atoms with van der Waals surface area (Å²) in [6.45, 7) is 1.77. The van der Waals surface area contributed by atoms with Gasteiger partial charge in [-0.1, -0.05) is 0 Å². The Morgan fingerprint density at radius 1 is 1.43 bits per heavy atom. The number of aromatic nitrogens is 1. The van der Waals surface area contributed by atoms with Crippen LogP contribution >= 0.6 is 0 Å². The molecule has 1 saturated heterocycles. The molecule has 0 spiro atoms. The van der Waals surface area contributed by atoms with E-state index in [0.717, 1.165) is 12.1 Å². The number of phenolic OH excluding ortho intramolecular Hbond substituents is 1. The number of nitrogens with one attached hydrogen (secondary N) is 1. The monoisotopic (exact) mass is 315 g/mol. The third-order valence-corrected chi connectivity index (χ3v) is 4.37.